The lowest BCUT2D eigenvalue weighted by molar-refractivity contribution is 0.423. The van der Waals surface area contributed by atoms with Gasteiger partial charge in [0.1, 0.15) is 18.0 Å². The number of nitrogens with zero attached hydrogens (tertiary/aromatic N) is 6. The zero-order valence-electron chi connectivity index (χ0n) is 16.1. The van der Waals surface area contributed by atoms with Crippen LogP contribution in [0.25, 0.3) is 0 Å². The maximum atomic E-state index is 12.0. The Morgan fingerprint density at radius 1 is 1.31 bits per heavy atom. The maximum absolute atomic E-state index is 12.0. The van der Waals surface area contributed by atoms with Crippen LogP contribution in [-0.4, -0.2) is 76.4 Å². The van der Waals surface area contributed by atoms with E-state index in [-0.39, 0.29) is 48.4 Å². The van der Waals surface area contributed by atoms with Crippen molar-refractivity contribution in [3.8, 4) is 0 Å². The number of hydrogen-bond donors (Lipinski definition) is 2. The summed E-state index contributed by atoms with van der Waals surface area (Å²) in [5.41, 5.74) is 0. The first-order valence-corrected chi connectivity index (χ1v) is 11.0. The summed E-state index contributed by atoms with van der Waals surface area (Å²) in [4.78, 5) is 11.0. The summed E-state index contributed by atoms with van der Waals surface area (Å²) in [5, 5.41) is 14.6. The van der Waals surface area contributed by atoms with E-state index in [9.17, 15) is 8.42 Å². The van der Waals surface area contributed by atoms with Gasteiger partial charge in [-0.2, -0.15) is 4.98 Å². The number of piperazine rings is 1. The first-order valence-electron chi connectivity index (χ1n) is 9.20. The fourth-order valence-electron chi connectivity index (χ4n) is 3.77. The molecule has 2 aromatic rings. The highest BCUT2D eigenvalue weighted by atomic mass is 35.5. The third-order valence-electron chi connectivity index (χ3n) is 5.09. The predicted molar refractivity (Wildman–Crippen MR) is 116 cm³/mol. The number of rotatable bonds is 6. The number of aryl methyl sites for hydroxylation is 1. The molecule has 2 aliphatic heterocycles. The monoisotopic (exact) mass is 464 g/mol. The van der Waals surface area contributed by atoms with Crippen molar-refractivity contribution in [2.75, 3.05) is 41.4 Å². The molecule has 2 atom stereocenters. The SMILES string of the molecule is CCn1cnnc1CCNc1nccc(N2CCN[C@H]3CS(=O)(=O)C[C@H]32)n1.Cl.Cl. The molecule has 0 unspecified atom stereocenters. The van der Waals surface area contributed by atoms with E-state index in [1.165, 1.54) is 0 Å². The number of aromatic nitrogens is 5. The Labute approximate surface area is 182 Å². The molecule has 0 aromatic carbocycles. The van der Waals surface area contributed by atoms with Gasteiger partial charge in [0.25, 0.3) is 0 Å². The van der Waals surface area contributed by atoms with Crippen LogP contribution in [0.2, 0.25) is 0 Å². The van der Waals surface area contributed by atoms with Crippen LogP contribution in [0.15, 0.2) is 18.6 Å². The van der Waals surface area contributed by atoms with Gasteiger partial charge in [-0.05, 0) is 13.0 Å². The Balaban J connectivity index is 0.00000150. The van der Waals surface area contributed by atoms with Crippen molar-refractivity contribution in [2.24, 2.45) is 0 Å². The average Bonchev–Trinajstić information content (AvgIpc) is 3.23. The molecule has 0 bridgehead atoms. The van der Waals surface area contributed by atoms with E-state index >= 15 is 0 Å². The highest BCUT2D eigenvalue weighted by Crippen LogP contribution is 2.25. The average molecular weight is 465 g/mol. The standard InChI is InChI=1S/C16H24N8O2S.2ClH/c1-2-23-11-20-22-15(23)4-6-19-16-18-5-3-14(21-16)24-8-7-17-12-9-27(25,26)10-13(12)24;;/h3,5,11-13,17H,2,4,6-10H2,1H3,(H,18,19,21);2*1H/t12-,13+;;/m0../s1. The smallest absolute Gasteiger partial charge is 0.224 e. The molecule has 2 aliphatic rings. The summed E-state index contributed by atoms with van der Waals surface area (Å²) in [6.45, 7) is 5.01. The molecule has 2 aromatic heterocycles. The van der Waals surface area contributed by atoms with Gasteiger partial charge in [0.15, 0.2) is 9.84 Å². The van der Waals surface area contributed by atoms with Gasteiger partial charge in [0.05, 0.1) is 17.5 Å². The molecule has 29 heavy (non-hydrogen) atoms. The zero-order chi connectivity index (χ0) is 18.9. The number of nitrogens with one attached hydrogen (secondary N) is 2. The lowest BCUT2D eigenvalue weighted by Gasteiger charge is -2.38. The van der Waals surface area contributed by atoms with E-state index in [1.54, 1.807) is 12.5 Å². The van der Waals surface area contributed by atoms with Gasteiger partial charge in [0.2, 0.25) is 5.95 Å². The minimum Gasteiger partial charge on any atom is -0.354 e. The Bertz CT molecular complexity index is 910. The Morgan fingerprint density at radius 3 is 2.93 bits per heavy atom. The van der Waals surface area contributed by atoms with Gasteiger partial charge >= 0.3 is 0 Å². The Morgan fingerprint density at radius 2 is 2.14 bits per heavy atom. The quantitative estimate of drug-likeness (QED) is 0.615. The summed E-state index contributed by atoms with van der Waals surface area (Å²) in [7, 11) is -3.00. The van der Waals surface area contributed by atoms with Gasteiger partial charge in [-0.3, -0.25) is 0 Å². The van der Waals surface area contributed by atoms with Crippen LogP contribution in [0.3, 0.4) is 0 Å². The second-order valence-electron chi connectivity index (χ2n) is 6.85. The minimum atomic E-state index is -3.00. The van der Waals surface area contributed by atoms with E-state index in [1.807, 2.05) is 10.6 Å². The number of fused-ring (bicyclic) bond motifs is 1. The fraction of sp³-hybridized carbons (Fsp3) is 0.625. The van der Waals surface area contributed by atoms with Crippen molar-refractivity contribution in [3.63, 3.8) is 0 Å². The molecule has 0 amide bonds. The largest absolute Gasteiger partial charge is 0.354 e. The highest BCUT2D eigenvalue weighted by molar-refractivity contribution is 7.91. The molecule has 0 saturated carbocycles. The van der Waals surface area contributed by atoms with Crippen LogP contribution in [0, 0.1) is 0 Å². The number of anilines is 2. The third-order valence-corrected chi connectivity index (χ3v) is 6.80. The van der Waals surface area contributed by atoms with Gasteiger partial charge in [0, 0.05) is 44.8 Å². The van der Waals surface area contributed by atoms with Crippen LogP contribution in [0.5, 0.6) is 0 Å². The van der Waals surface area contributed by atoms with Crippen molar-refractivity contribution < 1.29 is 8.42 Å². The normalized spacial score (nSPS) is 22.3. The van der Waals surface area contributed by atoms with Crippen molar-refractivity contribution in [2.45, 2.75) is 32.0 Å². The predicted octanol–water partition coefficient (Wildman–Crippen LogP) is 0.161. The number of sulfone groups is 1. The molecule has 13 heteroatoms. The van der Waals surface area contributed by atoms with E-state index < -0.39 is 9.84 Å². The molecule has 0 spiro atoms. The first-order chi connectivity index (χ1) is 13.1. The molecule has 0 aliphatic carbocycles. The molecule has 4 rings (SSSR count). The molecule has 10 nitrogen and oxygen atoms in total. The molecule has 2 saturated heterocycles. The van der Waals surface area contributed by atoms with E-state index in [2.05, 4.69) is 42.6 Å². The Hall–Kier alpha value is -1.69. The molecule has 4 heterocycles. The van der Waals surface area contributed by atoms with E-state index in [4.69, 9.17) is 0 Å². The molecule has 2 fully saturated rings. The van der Waals surface area contributed by atoms with Gasteiger partial charge in [-0.15, -0.1) is 35.0 Å². The number of hydrogen-bond acceptors (Lipinski definition) is 9. The van der Waals surface area contributed by atoms with Crippen LogP contribution in [0.4, 0.5) is 11.8 Å². The lowest BCUT2D eigenvalue weighted by Crippen LogP contribution is -2.57. The highest BCUT2D eigenvalue weighted by Gasteiger charge is 2.43. The molecular formula is C16H26Cl2N8O2S. The fourth-order valence-corrected chi connectivity index (χ4v) is 5.72. The molecular weight excluding hydrogens is 439 g/mol. The van der Waals surface area contributed by atoms with Crippen molar-refractivity contribution in [3.05, 3.63) is 24.4 Å². The van der Waals surface area contributed by atoms with Crippen LogP contribution in [0.1, 0.15) is 12.7 Å². The molecule has 162 valence electrons. The van der Waals surface area contributed by atoms with Crippen molar-refractivity contribution >= 4 is 46.4 Å². The third kappa shape index (κ3) is 5.27. The van der Waals surface area contributed by atoms with Crippen molar-refractivity contribution in [1.82, 2.24) is 30.0 Å². The van der Waals surface area contributed by atoms with Gasteiger partial charge in [-0.1, -0.05) is 0 Å². The summed E-state index contributed by atoms with van der Waals surface area (Å²) >= 11 is 0. The van der Waals surface area contributed by atoms with Crippen molar-refractivity contribution in [1.29, 1.82) is 0 Å². The summed E-state index contributed by atoms with van der Waals surface area (Å²) in [6, 6.07) is 1.73. The summed E-state index contributed by atoms with van der Waals surface area (Å²) < 4.78 is 26.0. The Kier molecular flexibility index (Phi) is 8.03. The van der Waals surface area contributed by atoms with Crippen LogP contribution >= 0.6 is 24.8 Å². The maximum Gasteiger partial charge on any atom is 0.224 e. The molecule has 2 N–H and O–H groups in total. The van der Waals surface area contributed by atoms with Crippen LogP contribution in [-0.2, 0) is 22.8 Å². The summed E-state index contributed by atoms with van der Waals surface area (Å²) in [5.74, 6) is 2.58. The zero-order valence-corrected chi connectivity index (χ0v) is 18.5. The number of halogens is 2. The second kappa shape index (κ2) is 9.88. The second-order valence-corrected chi connectivity index (χ2v) is 9.00. The summed E-state index contributed by atoms with van der Waals surface area (Å²) in [6.07, 6.45) is 4.15. The van der Waals surface area contributed by atoms with Gasteiger partial charge < -0.3 is 20.1 Å². The lowest BCUT2D eigenvalue weighted by atomic mass is 10.1. The minimum absolute atomic E-state index is 0. The van der Waals surface area contributed by atoms with Gasteiger partial charge in [-0.25, -0.2) is 13.4 Å². The topological polar surface area (TPSA) is 118 Å². The first kappa shape index (κ1) is 23.6. The van der Waals surface area contributed by atoms with E-state index in [0.29, 0.717) is 12.5 Å². The van der Waals surface area contributed by atoms with E-state index in [0.717, 1.165) is 37.7 Å². The van der Waals surface area contributed by atoms with Crippen LogP contribution < -0.4 is 15.5 Å². The molecule has 0 radical (unpaired) electrons.